The molecule has 0 unspecified atom stereocenters. The van der Waals surface area contributed by atoms with E-state index >= 15 is 0 Å². The second-order valence-electron chi connectivity index (χ2n) is 4.26. The van der Waals surface area contributed by atoms with Crippen LogP contribution in [-0.4, -0.2) is 15.2 Å². The zero-order chi connectivity index (χ0) is 13.8. The largest absolute Gasteiger partial charge is 0.316 e. The first-order chi connectivity index (χ1) is 9.81. The summed E-state index contributed by atoms with van der Waals surface area (Å²) in [7, 11) is 0. The zero-order valence-corrected chi connectivity index (χ0v) is 13.6. The molecule has 0 fully saturated rings. The van der Waals surface area contributed by atoms with Gasteiger partial charge in [0.25, 0.3) is 0 Å². The van der Waals surface area contributed by atoms with Crippen molar-refractivity contribution >= 4 is 34.4 Å². The van der Waals surface area contributed by atoms with E-state index in [1.165, 1.54) is 9.13 Å². The first-order valence-electron chi connectivity index (χ1n) is 6.16. The maximum Gasteiger partial charge on any atom is 0.189 e. The lowest BCUT2D eigenvalue weighted by Gasteiger charge is -1.99. The Labute approximate surface area is 135 Å². The second kappa shape index (κ2) is 6.41. The molecule has 20 heavy (non-hydrogen) atoms. The maximum absolute atomic E-state index is 4.19. The molecule has 0 radical (unpaired) electrons. The Morgan fingerprint density at radius 3 is 2.65 bits per heavy atom. The van der Waals surface area contributed by atoms with E-state index in [2.05, 4.69) is 62.0 Å². The number of hydrogen-bond donors (Lipinski definition) is 1. The predicted octanol–water partition coefficient (Wildman–Crippen LogP) is 4.37. The molecule has 0 bridgehead atoms. The molecule has 0 amide bonds. The molecule has 0 aliphatic rings. The molecule has 0 atom stereocenters. The average Bonchev–Trinajstić information content (AvgIpc) is 2.95. The zero-order valence-electron chi connectivity index (χ0n) is 10.6. The molecular weight excluding hydrogens is 381 g/mol. The third kappa shape index (κ3) is 3.40. The van der Waals surface area contributed by atoms with Crippen molar-refractivity contribution < 1.29 is 0 Å². The van der Waals surface area contributed by atoms with E-state index in [1.807, 2.05) is 30.3 Å². The van der Waals surface area contributed by atoms with Gasteiger partial charge in [0.15, 0.2) is 11.0 Å². The number of thioether (sulfide) groups is 1. The molecule has 0 aliphatic carbocycles. The van der Waals surface area contributed by atoms with Gasteiger partial charge in [-0.3, -0.25) is 0 Å². The Morgan fingerprint density at radius 2 is 1.85 bits per heavy atom. The summed E-state index contributed by atoms with van der Waals surface area (Å²) in [5.74, 6) is 1.70. The Hall–Kier alpha value is -1.34. The molecule has 1 heterocycles. The minimum absolute atomic E-state index is 0.816. The monoisotopic (exact) mass is 393 g/mol. The van der Waals surface area contributed by atoms with Gasteiger partial charge in [-0.1, -0.05) is 54.2 Å². The summed E-state index contributed by atoms with van der Waals surface area (Å²) in [4.78, 5) is 3.25. The van der Waals surface area contributed by atoms with Crippen LogP contribution in [0.25, 0.3) is 11.4 Å². The first kappa shape index (κ1) is 13.6. The van der Waals surface area contributed by atoms with E-state index in [0.29, 0.717) is 0 Å². The van der Waals surface area contributed by atoms with E-state index in [4.69, 9.17) is 0 Å². The molecule has 5 heteroatoms. The highest BCUT2D eigenvalue weighted by atomic mass is 127. The van der Waals surface area contributed by atoms with E-state index in [9.17, 15) is 0 Å². The van der Waals surface area contributed by atoms with Gasteiger partial charge in [-0.05, 0) is 40.3 Å². The number of H-pyrrole nitrogens is 1. The van der Waals surface area contributed by atoms with Crippen molar-refractivity contribution in [2.24, 2.45) is 0 Å². The first-order valence-corrected chi connectivity index (χ1v) is 8.23. The van der Waals surface area contributed by atoms with Crippen molar-refractivity contribution in [2.45, 2.75) is 10.9 Å². The fraction of sp³-hybridized carbons (Fsp3) is 0.0667. The Balaban J connectivity index is 1.69. The summed E-state index contributed by atoms with van der Waals surface area (Å²) in [6, 6.07) is 18.5. The molecule has 3 rings (SSSR count). The quantitative estimate of drug-likeness (QED) is 0.529. The Morgan fingerprint density at radius 1 is 1.00 bits per heavy atom. The topological polar surface area (TPSA) is 41.6 Å². The van der Waals surface area contributed by atoms with Gasteiger partial charge in [0.1, 0.15) is 0 Å². The van der Waals surface area contributed by atoms with Gasteiger partial charge < -0.3 is 4.98 Å². The van der Waals surface area contributed by atoms with Crippen molar-refractivity contribution in [3.63, 3.8) is 0 Å². The molecule has 3 aromatic rings. The average molecular weight is 393 g/mol. The molecule has 0 saturated heterocycles. The number of hydrogen-bond acceptors (Lipinski definition) is 3. The van der Waals surface area contributed by atoms with Crippen LogP contribution < -0.4 is 0 Å². The standard InChI is InChI=1S/C15H12IN3S/c16-13-8-4-5-11(9-13)10-20-15-17-14(18-19-15)12-6-2-1-3-7-12/h1-9H,10H2,(H,17,18,19). The van der Waals surface area contributed by atoms with E-state index in [1.54, 1.807) is 11.8 Å². The lowest BCUT2D eigenvalue weighted by Crippen LogP contribution is -1.83. The lowest BCUT2D eigenvalue weighted by atomic mass is 10.2. The van der Waals surface area contributed by atoms with Crippen molar-refractivity contribution in [3.8, 4) is 11.4 Å². The van der Waals surface area contributed by atoms with Crippen molar-refractivity contribution in [1.29, 1.82) is 0 Å². The fourth-order valence-electron chi connectivity index (χ4n) is 1.82. The third-order valence-electron chi connectivity index (χ3n) is 2.78. The normalized spacial score (nSPS) is 10.7. The fourth-order valence-corrected chi connectivity index (χ4v) is 3.17. The van der Waals surface area contributed by atoms with E-state index < -0.39 is 0 Å². The molecule has 3 nitrogen and oxygen atoms in total. The van der Waals surface area contributed by atoms with Gasteiger partial charge in [-0.15, -0.1) is 10.2 Å². The molecule has 2 aromatic carbocycles. The molecule has 100 valence electrons. The third-order valence-corrected chi connectivity index (χ3v) is 4.38. The number of aromatic amines is 1. The summed E-state index contributed by atoms with van der Waals surface area (Å²) in [5.41, 5.74) is 2.35. The number of nitrogens with zero attached hydrogens (tertiary/aromatic N) is 2. The lowest BCUT2D eigenvalue weighted by molar-refractivity contribution is 0.973. The van der Waals surface area contributed by atoms with E-state index in [-0.39, 0.29) is 0 Å². The molecule has 1 N–H and O–H groups in total. The number of benzene rings is 2. The van der Waals surface area contributed by atoms with Gasteiger partial charge in [0.05, 0.1) is 0 Å². The van der Waals surface area contributed by atoms with Crippen LogP contribution in [0.4, 0.5) is 0 Å². The number of nitrogens with one attached hydrogen (secondary N) is 1. The van der Waals surface area contributed by atoms with Crippen LogP contribution in [0.1, 0.15) is 5.56 Å². The Bertz CT molecular complexity index is 697. The Kier molecular flexibility index (Phi) is 4.37. The molecule has 0 saturated carbocycles. The highest BCUT2D eigenvalue weighted by molar-refractivity contribution is 14.1. The summed E-state index contributed by atoms with van der Waals surface area (Å²) in [6.45, 7) is 0. The SMILES string of the molecule is Ic1cccc(CSc2nnc(-c3ccccc3)[nH]2)c1. The van der Waals surface area contributed by atoms with Gasteiger partial charge >= 0.3 is 0 Å². The van der Waals surface area contributed by atoms with Crippen LogP contribution in [0.5, 0.6) is 0 Å². The van der Waals surface area contributed by atoms with Crippen molar-refractivity contribution in [2.75, 3.05) is 0 Å². The minimum Gasteiger partial charge on any atom is -0.316 e. The highest BCUT2D eigenvalue weighted by Crippen LogP contribution is 2.22. The number of rotatable bonds is 4. The van der Waals surface area contributed by atoms with Gasteiger partial charge in [-0.25, -0.2) is 0 Å². The predicted molar refractivity (Wildman–Crippen MR) is 90.5 cm³/mol. The number of halogens is 1. The second-order valence-corrected chi connectivity index (χ2v) is 6.47. The van der Waals surface area contributed by atoms with Gasteiger partial charge in [0.2, 0.25) is 0 Å². The smallest absolute Gasteiger partial charge is 0.189 e. The van der Waals surface area contributed by atoms with Gasteiger partial charge in [-0.2, -0.15) is 0 Å². The van der Waals surface area contributed by atoms with Crippen LogP contribution >= 0.6 is 34.4 Å². The van der Waals surface area contributed by atoms with Crippen LogP contribution in [0.15, 0.2) is 59.8 Å². The molecule has 0 spiro atoms. The van der Waals surface area contributed by atoms with Crippen molar-refractivity contribution in [3.05, 3.63) is 63.7 Å². The molecule has 1 aromatic heterocycles. The number of aromatic nitrogens is 3. The molecule has 0 aliphatic heterocycles. The minimum atomic E-state index is 0.816. The van der Waals surface area contributed by atoms with Gasteiger partial charge in [0, 0.05) is 14.9 Å². The van der Waals surface area contributed by atoms with Crippen LogP contribution in [0.3, 0.4) is 0 Å². The maximum atomic E-state index is 4.19. The van der Waals surface area contributed by atoms with Crippen molar-refractivity contribution in [1.82, 2.24) is 15.2 Å². The summed E-state index contributed by atoms with van der Waals surface area (Å²) < 4.78 is 1.25. The van der Waals surface area contributed by atoms with Crippen LogP contribution in [0.2, 0.25) is 0 Å². The molecular formula is C15H12IN3S. The summed E-state index contributed by atoms with van der Waals surface area (Å²) >= 11 is 3.99. The summed E-state index contributed by atoms with van der Waals surface area (Å²) in [5, 5.41) is 9.22. The van der Waals surface area contributed by atoms with Crippen LogP contribution in [0, 0.1) is 3.57 Å². The van der Waals surface area contributed by atoms with E-state index in [0.717, 1.165) is 22.3 Å². The highest BCUT2D eigenvalue weighted by Gasteiger charge is 2.05. The van der Waals surface area contributed by atoms with Crippen LogP contribution in [-0.2, 0) is 5.75 Å². The summed E-state index contributed by atoms with van der Waals surface area (Å²) in [6.07, 6.45) is 0.